The van der Waals surface area contributed by atoms with Crippen LogP contribution in [0.5, 0.6) is 5.75 Å². The standard InChI is InChI=1S/C16H19NO4/c18-15(13-9-21-14-4-2-1-3-12(13)14)17-11-7-5-10(6-8-11)16(19)20/h1-4,10-11,13H,5-9H2,(H,17,18)(H,19,20). The van der Waals surface area contributed by atoms with Gasteiger partial charge in [0, 0.05) is 11.6 Å². The Kier molecular flexibility index (Phi) is 3.82. The quantitative estimate of drug-likeness (QED) is 0.891. The number of benzene rings is 1. The van der Waals surface area contributed by atoms with Crippen LogP contribution in [0.3, 0.4) is 0 Å². The van der Waals surface area contributed by atoms with E-state index in [0.29, 0.717) is 19.4 Å². The van der Waals surface area contributed by atoms with Crippen LogP contribution in [0.25, 0.3) is 0 Å². The number of carboxylic acids is 1. The van der Waals surface area contributed by atoms with Crippen molar-refractivity contribution in [3.63, 3.8) is 0 Å². The van der Waals surface area contributed by atoms with Gasteiger partial charge in [-0.05, 0) is 31.7 Å². The highest BCUT2D eigenvalue weighted by molar-refractivity contribution is 5.85. The number of carbonyl (C=O) groups is 2. The van der Waals surface area contributed by atoms with E-state index < -0.39 is 5.97 Å². The van der Waals surface area contributed by atoms with E-state index >= 15 is 0 Å². The van der Waals surface area contributed by atoms with Crippen LogP contribution in [0.15, 0.2) is 24.3 Å². The zero-order chi connectivity index (χ0) is 14.8. The lowest BCUT2D eigenvalue weighted by Crippen LogP contribution is -2.41. The zero-order valence-corrected chi connectivity index (χ0v) is 11.7. The van der Waals surface area contributed by atoms with Crippen molar-refractivity contribution in [2.75, 3.05) is 6.61 Å². The van der Waals surface area contributed by atoms with Gasteiger partial charge in [0.1, 0.15) is 18.3 Å². The SMILES string of the molecule is O=C(O)C1CCC(NC(=O)C2COc3ccccc32)CC1. The van der Waals surface area contributed by atoms with Crippen LogP contribution in [0.4, 0.5) is 0 Å². The number of carboxylic acid groups (broad SMARTS) is 1. The van der Waals surface area contributed by atoms with Crippen molar-refractivity contribution in [3.8, 4) is 5.75 Å². The Morgan fingerprint density at radius 3 is 2.57 bits per heavy atom. The molecule has 112 valence electrons. The lowest BCUT2D eigenvalue weighted by Gasteiger charge is -2.27. The summed E-state index contributed by atoms with van der Waals surface area (Å²) in [7, 11) is 0. The Balaban J connectivity index is 1.57. The molecule has 5 nitrogen and oxygen atoms in total. The van der Waals surface area contributed by atoms with Gasteiger partial charge in [-0.3, -0.25) is 9.59 Å². The lowest BCUT2D eigenvalue weighted by atomic mass is 9.86. The van der Waals surface area contributed by atoms with Crippen molar-refractivity contribution in [1.29, 1.82) is 0 Å². The van der Waals surface area contributed by atoms with E-state index in [1.165, 1.54) is 0 Å². The molecule has 1 aliphatic carbocycles. The molecule has 0 saturated heterocycles. The van der Waals surface area contributed by atoms with Gasteiger partial charge in [0.05, 0.1) is 5.92 Å². The fourth-order valence-corrected chi connectivity index (χ4v) is 3.17. The second-order valence-corrected chi connectivity index (χ2v) is 5.80. The van der Waals surface area contributed by atoms with Crippen LogP contribution in [-0.2, 0) is 9.59 Å². The molecule has 5 heteroatoms. The first kappa shape index (κ1) is 13.9. The fourth-order valence-electron chi connectivity index (χ4n) is 3.17. The highest BCUT2D eigenvalue weighted by Crippen LogP contribution is 2.34. The van der Waals surface area contributed by atoms with E-state index in [4.69, 9.17) is 9.84 Å². The Morgan fingerprint density at radius 1 is 1.14 bits per heavy atom. The van der Waals surface area contributed by atoms with Crippen molar-refractivity contribution in [2.45, 2.75) is 37.6 Å². The average molecular weight is 289 g/mol. The van der Waals surface area contributed by atoms with E-state index in [1.807, 2.05) is 24.3 Å². The number of fused-ring (bicyclic) bond motifs is 1. The minimum Gasteiger partial charge on any atom is -0.492 e. The van der Waals surface area contributed by atoms with E-state index in [0.717, 1.165) is 24.2 Å². The molecule has 1 heterocycles. The third kappa shape index (κ3) is 2.86. The van der Waals surface area contributed by atoms with Crippen molar-refractivity contribution >= 4 is 11.9 Å². The molecule has 2 aliphatic rings. The van der Waals surface area contributed by atoms with Crippen LogP contribution in [0.2, 0.25) is 0 Å². The maximum Gasteiger partial charge on any atom is 0.306 e. The van der Waals surface area contributed by atoms with Gasteiger partial charge in [0.15, 0.2) is 0 Å². The molecule has 1 fully saturated rings. The third-order valence-corrected chi connectivity index (χ3v) is 4.44. The molecule has 1 aliphatic heterocycles. The molecule has 1 atom stereocenters. The molecule has 1 unspecified atom stereocenters. The minimum absolute atomic E-state index is 0.0151. The Bertz CT molecular complexity index is 549. The number of ether oxygens (including phenoxy) is 1. The number of rotatable bonds is 3. The molecular formula is C16H19NO4. The van der Waals surface area contributed by atoms with E-state index in [-0.39, 0.29) is 23.8 Å². The van der Waals surface area contributed by atoms with Gasteiger partial charge in [-0.25, -0.2) is 0 Å². The summed E-state index contributed by atoms with van der Waals surface area (Å²) in [6.07, 6.45) is 2.74. The van der Waals surface area contributed by atoms with Gasteiger partial charge in [-0.2, -0.15) is 0 Å². The van der Waals surface area contributed by atoms with Crippen LogP contribution < -0.4 is 10.1 Å². The van der Waals surface area contributed by atoms with Crippen LogP contribution in [0, 0.1) is 5.92 Å². The summed E-state index contributed by atoms with van der Waals surface area (Å²) in [5.41, 5.74) is 0.939. The fraction of sp³-hybridized carbons (Fsp3) is 0.500. The number of hydrogen-bond acceptors (Lipinski definition) is 3. The van der Waals surface area contributed by atoms with Gasteiger partial charge in [0.2, 0.25) is 5.91 Å². The molecule has 0 radical (unpaired) electrons. The maximum absolute atomic E-state index is 12.4. The van der Waals surface area contributed by atoms with Crippen molar-refractivity contribution in [2.24, 2.45) is 5.92 Å². The van der Waals surface area contributed by atoms with Crippen LogP contribution in [-0.4, -0.2) is 29.6 Å². The Morgan fingerprint density at radius 2 is 1.86 bits per heavy atom. The lowest BCUT2D eigenvalue weighted by molar-refractivity contribution is -0.142. The Labute approximate surface area is 123 Å². The molecule has 1 amide bonds. The topological polar surface area (TPSA) is 75.6 Å². The minimum atomic E-state index is -0.724. The molecule has 1 aromatic rings. The summed E-state index contributed by atoms with van der Waals surface area (Å²) in [5.74, 6) is -0.462. The first-order valence-electron chi connectivity index (χ1n) is 7.40. The predicted molar refractivity (Wildman–Crippen MR) is 76.2 cm³/mol. The monoisotopic (exact) mass is 289 g/mol. The number of amides is 1. The van der Waals surface area contributed by atoms with Gasteiger partial charge >= 0.3 is 5.97 Å². The molecule has 3 rings (SSSR count). The van der Waals surface area contributed by atoms with Gasteiger partial charge in [-0.15, -0.1) is 0 Å². The summed E-state index contributed by atoms with van der Waals surface area (Å²) < 4.78 is 5.53. The normalized spacial score (nSPS) is 27.5. The molecule has 0 spiro atoms. The number of para-hydroxylation sites is 1. The van der Waals surface area contributed by atoms with Gasteiger partial charge in [-0.1, -0.05) is 18.2 Å². The maximum atomic E-state index is 12.4. The Hall–Kier alpha value is -2.04. The summed E-state index contributed by atoms with van der Waals surface area (Å²) in [6, 6.07) is 7.69. The summed E-state index contributed by atoms with van der Waals surface area (Å²) in [4.78, 5) is 23.3. The third-order valence-electron chi connectivity index (χ3n) is 4.44. The van der Waals surface area contributed by atoms with E-state index in [1.54, 1.807) is 0 Å². The molecule has 2 N–H and O–H groups in total. The van der Waals surface area contributed by atoms with Crippen molar-refractivity contribution in [3.05, 3.63) is 29.8 Å². The largest absolute Gasteiger partial charge is 0.492 e. The molecule has 1 aromatic carbocycles. The highest BCUT2D eigenvalue weighted by Gasteiger charge is 2.33. The molecule has 21 heavy (non-hydrogen) atoms. The zero-order valence-electron chi connectivity index (χ0n) is 11.7. The van der Waals surface area contributed by atoms with Crippen LogP contribution >= 0.6 is 0 Å². The summed E-state index contributed by atoms with van der Waals surface area (Å²) >= 11 is 0. The molecule has 0 bridgehead atoms. The predicted octanol–water partition coefficient (Wildman–Crippen LogP) is 1.92. The second kappa shape index (κ2) is 5.76. The average Bonchev–Trinajstić information content (AvgIpc) is 2.92. The first-order chi connectivity index (χ1) is 10.1. The smallest absolute Gasteiger partial charge is 0.306 e. The molecule has 0 aromatic heterocycles. The van der Waals surface area contributed by atoms with Crippen molar-refractivity contribution in [1.82, 2.24) is 5.32 Å². The van der Waals surface area contributed by atoms with Gasteiger partial charge < -0.3 is 15.2 Å². The first-order valence-corrected chi connectivity index (χ1v) is 7.40. The number of carbonyl (C=O) groups excluding carboxylic acids is 1. The molecule has 1 saturated carbocycles. The van der Waals surface area contributed by atoms with E-state index in [9.17, 15) is 9.59 Å². The van der Waals surface area contributed by atoms with Crippen molar-refractivity contribution < 1.29 is 19.4 Å². The van der Waals surface area contributed by atoms with E-state index in [2.05, 4.69) is 5.32 Å². The molecular weight excluding hydrogens is 270 g/mol. The summed E-state index contributed by atoms with van der Waals surface area (Å²) in [6.45, 7) is 0.385. The second-order valence-electron chi connectivity index (χ2n) is 5.80. The number of aliphatic carboxylic acids is 1. The van der Waals surface area contributed by atoms with Gasteiger partial charge in [0.25, 0.3) is 0 Å². The summed E-state index contributed by atoms with van der Waals surface area (Å²) in [5, 5.41) is 12.0. The highest BCUT2D eigenvalue weighted by atomic mass is 16.5. The van der Waals surface area contributed by atoms with Crippen LogP contribution in [0.1, 0.15) is 37.2 Å². The number of nitrogens with one attached hydrogen (secondary N) is 1. The number of hydrogen-bond donors (Lipinski definition) is 2.